The SMILES string of the molecule is CC(C)CCCC1(O)CCC(C(F)(F)F)CC1. The van der Waals surface area contributed by atoms with Crippen molar-refractivity contribution in [2.75, 3.05) is 0 Å². The van der Waals surface area contributed by atoms with E-state index >= 15 is 0 Å². The molecule has 1 N–H and O–H groups in total. The van der Waals surface area contributed by atoms with Crippen LogP contribution in [0, 0.1) is 11.8 Å². The molecule has 0 aromatic rings. The normalized spacial score (nSPS) is 30.9. The average Bonchev–Trinajstić information content (AvgIpc) is 2.15. The van der Waals surface area contributed by atoms with Crippen molar-refractivity contribution in [3.63, 3.8) is 0 Å². The molecular formula is C13H23F3O. The molecule has 17 heavy (non-hydrogen) atoms. The fourth-order valence-corrected chi connectivity index (χ4v) is 2.57. The molecule has 0 unspecified atom stereocenters. The molecule has 4 heteroatoms. The number of alkyl halides is 3. The van der Waals surface area contributed by atoms with Gasteiger partial charge < -0.3 is 5.11 Å². The molecule has 0 aromatic carbocycles. The van der Waals surface area contributed by atoms with Gasteiger partial charge in [0.25, 0.3) is 0 Å². The molecule has 0 bridgehead atoms. The lowest BCUT2D eigenvalue weighted by atomic mass is 9.76. The highest BCUT2D eigenvalue weighted by molar-refractivity contribution is 4.87. The standard InChI is InChI=1S/C13H23F3O/c1-10(2)4-3-7-12(17)8-5-11(6-9-12)13(14,15)16/h10-11,17H,3-9H2,1-2H3. The first-order valence-electron chi connectivity index (χ1n) is 6.52. The van der Waals surface area contributed by atoms with E-state index in [1.54, 1.807) is 0 Å². The van der Waals surface area contributed by atoms with Crippen LogP contribution in [0.5, 0.6) is 0 Å². The topological polar surface area (TPSA) is 20.2 Å². The van der Waals surface area contributed by atoms with Crippen LogP contribution >= 0.6 is 0 Å². The van der Waals surface area contributed by atoms with E-state index in [-0.39, 0.29) is 12.8 Å². The van der Waals surface area contributed by atoms with Crippen molar-refractivity contribution in [2.45, 2.75) is 70.6 Å². The number of halogens is 3. The van der Waals surface area contributed by atoms with Gasteiger partial charge in [-0.1, -0.05) is 26.7 Å². The first-order chi connectivity index (χ1) is 7.73. The monoisotopic (exact) mass is 252 g/mol. The van der Waals surface area contributed by atoms with Gasteiger partial charge in [0, 0.05) is 0 Å². The van der Waals surface area contributed by atoms with E-state index < -0.39 is 17.7 Å². The summed E-state index contributed by atoms with van der Waals surface area (Å²) < 4.78 is 37.4. The first-order valence-corrected chi connectivity index (χ1v) is 6.52. The fraction of sp³-hybridized carbons (Fsp3) is 1.00. The number of hydrogen-bond acceptors (Lipinski definition) is 1. The molecule has 0 heterocycles. The van der Waals surface area contributed by atoms with Gasteiger partial charge in [0.1, 0.15) is 0 Å². The van der Waals surface area contributed by atoms with Gasteiger partial charge >= 0.3 is 6.18 Å². The third-order valence-corrected chi connectivity index (χ3v) is 3.80. The lowest BCUT2D eigenvalue weighted by molar-refractivity contribution is -0.192. The Labute approximate surface area is 101 Å². The Morgan fingerprint density at radius 3 is 2.18 bits per heavy atom. The Kier molecular flexibility index (Phi) is 4.87. The molecular weight excluding hydrogens is 229 g/mol. The minimum atomic E-state index is -4.08. The van der Waals surface area contributed by atoms with Crippen molar-refractivity contribution in [1.82, 2.24) is 0 Å². The van der Waals surface area contributed by atoms with E-state index in [1.165, 1.54) is 0 Å². The highest BCUT2D eigenvalue weighted by atomic mass is 19.4. The summed E-state index contributed by atoms with van der Waals surface area (Å²) in [7, 11) is 0. The Balaban J connectivity index is 2.34. The van der Waals surface area contributed by atoms with Crippen LogP contribution in [0.4, 0.5) is 13.2 Å². The lowest BCUT2D eigenvalue weighted by Gasteiger charge is -2.36. The summed E-state index contributed by atoms with van der Waals surface area (Å²) in [6.07, 6.45) is -0.723. The van der Waals surface area contributed by atoms with Gasteiger partial charge in [-0.3, -0.25) is 0 Å². The summed E-state index contributed by atoms with van der Waals surface area (Å²) >= 11 is 0. The molecule has 1 fully saturated rings. The van der Waals surface area contributed by atoms with Crippen LogP contribution in [-0.4, -0.2) is 16.9 Å². The van der Waals surface area contributed by atoms with Gasteiger partial charge in [0.2, 0.25) is 0 Å². The second-order valence-corrected chi connectivity index (χ2v) is 5.83. The van der Waals surface area contributed by atoms with Gasteiger partial charge in [0.15, 0.2) is 0 Å². The van der Waals surface area contributed by atoms with Crippen LogP contribution in [0.2, 0.25) is 0 Å². The van der Waals surface area contributed by atoms with Crippen LogP contribution in [0.15, 0.2) is 0 Å². The van der Waals surface area contributed by atoms with Crippen molar-refractivity contribution in [1.29, 1.82) is 0 Å². The van der Waals surface area contributed by atoms with Gasteiger partial charge in [-0.2, -0.15) is 13.2 Å². The molecule has 0 aromatic heterocycles. The van der Waals surface area contributed by atoms with Crippen LogP contribution in [0.1, 0.15) is 58.8 Å². The Morgan fingerprint density at radius 2 is 1.76 bits per heavy atom. The Bertz CT molecular complexity index is 227. The molecule has 0 saturated heterocycles. The highest BCUT2D eigenvalue weighted by Gasteiger charge is 2.44. The van der Waals surface area contributed by atoms with E-state index in [2.05, 4.69) is 13.8 Å². The molecule has 1 aliphatic rings. The molecule has 0 amide bonds. The van der Waals surface area contributed by atoms with E-state index in [0.29, 0.717) is 25.2 Å². The molecule has 0 aliphatic heterocycles. The number of hydrogen-bond donors (Lipinski definition) is 1. The van der Waals surface area contributed by atoms with Gasteiger partial charge in [-0.05, 0) is 38.0 Å². The molecule has 0 atom stereocenters. The van der Waals surface area contributed by atoms with E-state index in [9.17, 15) is 18.3 Å². The highest BCUT2D eigenvalue weighted by Crippen LogP contribution is 2.42. The summed E-state index contributed by atoms with van der Waals surface area (Å²) in [5, 5.41) is 10.2. The molecule has 102 valence electrons. The minimum Gasteiger partial charge on any atom is -0.390 e. The zero-order chi connectivity index (χ0) is 13.1. The van der Waals surface area contributed by atoms with Crippen LogP contribution in [-0.2, 0) is 0 Å². The summed E-state index contributed by atoms with van der Waals surface area (Å²) in [4.78, 5) is 0. The summed E-state index contributed by atoms with van der Waals surface area (Å²) in [5.41, 5.74) is -0.837. The molecule has 1 saturated carbocycles. The maximum atomic E-state index is 12.5. The number of aliphatic hydroxyl groups is 1. The maximum absolute atomic E-state index is 12.5. The third kappa shape index (κ3) is 4.86. The maximum Gasteiger partial charge on any atom is 0.391 e. The van der Waals surface area contributed by atoms with Crippen molar-refractivity contribution in [3.05, 3.63) is 0 Å². The fourth-order valence-electron chi connectivity index (χ4n) is 2.57. The van der Waals surface area contributed by atoms with Crippen LogP contribution in [0.3, 0.4) is 0 Å². The van der Waals surface area contributed by atoms with Crippen molar-refractivity contribution in [2.24, 2.45) is 11.8 Å². The molecule has 0 radical (unpaired) electrons. The zero-order valence-electron chi connectivity index (χ0n) is 10.7. The molecule has 1 rings (SSSR count). The lowest BCUT2D eigenvalue weighted by Crippen LogP contribution is -2.38. The van der Waals surface area contributed by atoms with Crippen molar-refractivity contribution in [3.8, 4) is 0 Å². The average molecular weight is 252 g/mol. The second kappa shape index (κ2) is 5.59. The van der Waals surface area contributed by atoms with Gasteiger partial charge in [-0.15, -0.1) is 0 Å². The third-order valence-electron chi connectivity index (χ3n) is 3.80. The molecule has 1 aliphatic carbocycles. The second-order valence-electron chi connectivity index (χ2n) is 5.83. The summed E-state index contributed by atoms with van der Waals surface area (Å²) in [5.74, 6) is -0.613. The zero-order valence-corrected chi connectivity index (χ0v) is 10.7. The van der Waals surface area contributed by atoms with Crippen LogP contribution in [0.25, 0.3) is 0 Å². The number of rotatable bonds is 4. The Hall–Kier alpha value is -0.250. The van der Waals surface area contributed by atoms with Gasteiger partial charge in [0.05, 0.1) is 11.5 Å². The largest absolute Gasteiger partial charge is 0.391 e. The first kappa shape index (κ1) is 14.8. The predicted octanol–water partition coefficient (Wildman–Crippen LogP) is 4.30. The van der Waals surface area contributed by atoms with Crippen LogP contribution < -0.4 is 0 Å². The molecule has 1 nitrogen and oxygen atoms in total. The molecule has 0 spiro atoms. The smallest absolute Gasteiger partial charge is 0.390 e. The van der Waals surface area contributed by atoms with Gasteiger partial charge in [-0.25, -0.2) is 0 Å². The summed E-state index contributed by atoms with van der Waals surface area (Å²) in [6, 6.07) is 0. The van der Waals surface area contributed by atoms with Crippen molar-refractivity contribution >= 4 is 0 Å². The predicted molar refractivity (Wildman–Crippen MR) is 61.7 cm³/mol. The Morgan fingerprint density at radius 1 is 1.24 bits per heavy atom. The van der Waals surface area contributed by atoms with Crippen molar-refractivity contribution < 1.29 is 18.3 Å². The van der Waals surface area contributed by atoms with E-state index in [1.807, 2.05) is 0 Å². The summed E-state index contributed by atoms with van der Waals surface area (Å²) in [6.45, 7) is 4.23. The van der Waals surface area contributed by atoms with E-state index in [0.717, 1.165) is 12.8 Å². The van der Waals surface area contributed by atoms with E-state index in [4.69, 9.17) is 0 Å². The quantitative estimate of drug-likeness (QED) is 0.791. The minimum absolute atomic E-state index is 0.0850.